The number of hydrogen-bond acceptors (Lipinski definition) is 4. The van der Waals surface area contributed by atoms with E-state index >= 15 is 0 Å². The number of nitriles is 1. The monoisotopic (exact) mass is 467 g/mol. The molecular formula is C28H25N3O2S. The molecule has 0 bridgehead atoms. The summed E-state index contributed by atoms with van der Waals surface area (Å²) in [7, 11) is 0. The lowest BCUT2D eigenvalue weighted by molar-refractivity contribution is -0.117. The zero-order valence-electron chi connectivity index (χ0n) is 19.3. The fourth-order valence-electron chi connectivity index (χ4n) is 3.92. The topological polar surface area (TPSA) is 73.2 Å². The molecule has 0 radical (unpaired) electrons. The van der Waals surface area contributed by atoms with Crippen LogP contribution in [0.2, 0.25) is 0 Å². The summed E-state index contributed by atoms with van der Waals surface area (Å²) in [6.07, 6.45) is 0.508. The molecule has 6 heteroatoms. The van der Waals surface area contributed by atoms with Crippen LogP contribution in [-0.4, -0.2) is 17.1 Å². The number of nitrogens with one attached hydrogen (secondary N) is 1. The fourth-order valence-corrected chi connectivity index (χ4v) is 5.23. The molecule has 1 fully saturated rings. The van der Waals surface area contributed by atoms with Gasteiger partial charge >= 0.3 is 0 Å². The lowest BCUT2D eigenvalue weighted by atomic mass is 10.1. The summed E-state index contributed by atoms with van der Waals surface area (Å²) in [5, 5.41) is 12.8. The molecule has 2 amide bonds. The minimum Gasteiger partial charge on any atom is -0.321 e. The van der Waals surface area contributed by atoms with Crippen molar-refractivity contribution >= 4 is 35.0 Å². The number of amides is 2. The molecule has 34 heavy (non-hydrogen) atoms. The van der Waals surface area contributed by atoms with E-state index in [1.54, 1.807) is 0 Å². The lowest BCUT2D eigenvalue weighted by Crippen LogP contribution is -2.31. The zero-order chi connectivity index (χ0) is 24.2. The Balaban J connectivity index is 1.73. The first-order chi connectivity index (χ1) is 16.4. The summed E-state index contributed by atoms with van der Waals surface area (Å²) in [6.45, 7) is 5.83. The smallest absolute Gasteiger partial charge is 0.269 e. The number of para-hydroxylation sites is 2. The van der Waals surface area contributed by atoms with E-state index in [-0.39, 0.29) is 11.5 Å². The number of carbonyl (C=O) groups is 2. The minimum atomic E-state index is -0.521. The highest BCUT2D eigenvalue weighted by Crippen LogP contribution is 2.42. The molecule has 4 rings (SSSR count). The van der Waals surface area contributed by atoms with Crippen molar-refractivity contribution in [3.63, 3.8) is 0 Å². The van der Waals surface area contributed by atoms with Gasteiger partial charge in [-0.3, -0.25) is 14.5 Å². The van der Waals surface area contributed by atoms with Crippen molar-refractivity contribution in [2.45, 2.75) is 32.4 Å². The summed E-state index contributed by atoms with van der Waals surface area (Å²) in [6, 6.07) is 25.0. The van der Waals surface area contributed by atoms with Gasteiger partial charge in [0.15, 0.2) is 0 Å². The highest BCUT2D eigenvalue weighted by Gasteiger charge is 2.40. The predicted octanol–water partition coefficient (Wildman–Crippen LogP) is 5.68. The van der Waals surface area contributed by atoms with Crippen LogP contribution in [0.25, 0.3) is 0 Å². The second kappa shape index (κ2) is 9.98. The van der Waals surface area contributed by atoms with Crippen LogP contribution in [0.4, 0.5) is 11.4 Å². The molecule has 3 aromatic carbocycles. The van der Waals surface area contributed by atoms with E-state index in [0.717, 1.165) is 22.3 Å². The number of rotatable bonds is 5. The van der Waals surface area contributed by atoms with E-state index in [4.69, 9.17) is 0 Å². The average Bonchev–Trinajstić information content (AvgIpc) is 3.14. The van der Waals surface area contributed by atoms with E-state index in [1.807, 2.05) is 93.6 Å². The van der Waals surface area contributed by atoms with Crippen LogP contribution in [-0.2, 0) is 16.0 Å². The maximum Gasteiger partial charge on any atom is 0.269 e. The Morgan fingerprint density at radius 1 is 0.971 bits per heavy atom. The highest BCUT2D eigenvalue weighted by molar-refractivity contribution is 8.05. The van der Waals surface area contributed by atoms with E-state index in [2.05, 4.69) is 11.4 Å². The quantitative estimate of drug-likeness (QED) is 0.387. The van der Waals surface area contributed by atoms with E-state index in [0.29, 0.717) is 22.8 Å². The molecule has 0 aromatic heterocycles. The first-order valence-electron chi connectivity index (χ1n) is 11.0. The maximum atomic E-state index is 13.5. The van der Waals surface area contributed by atoms with Gasteiger partial charge in [0, 0.05) is 11.4 Å². The second-order valence-electron chi connectivity index (χ2n) is 8.32. The van der Waals surface area contributed by atoms with Gasteiger partial charge < -0.3 is 5.32 Å². The highest BCUT2D eigenvalue weighted by atomic mass is 32.2. The molecule has 170 valence electrons. The van der Waals surface area contributed by atoms with Gasteiger partial charge in [-0.2, -0.15) is 5.26 Å². The third-order valence-corrected chi connectivity index (χ3v) is 7.04. The van der Waals surface area contributed by atoms with Gasteiger partial charge in [-0.25, -0.2) is 0 Å². The Morgan fingerprint density at radius 2 is 1.62 bits per heavy atom. The first kappa shape index (κ1) is 23.3. The number of thioether (sulfide) groups is 1. The van der Waals surface area contributed by atoms with Gasteiger partial charge in [0.05, 0.1) is 5.25 Å². The summed E-state index contributed by atoms with van der Waals surface area (Å²) < 4.78 is 0. The molecule has 3 aromatic rings. The SMILES string of the molecule is Cc1ccc(CC2S/C(=C(\C#N)C(=O)Nc3c(C)cccc3C)N(c3ccccc3)C2=O)cc1. The van der Waals surface area contributed by atoms with Crippen molar-refractivity contribution in [2.24, 2.45) is 0 Å². The maximum absolute atomic E-state index is 13.5. The third kappa shape index (κ3) is 4.75. The third-order valence-electron chi connectivity index (χ3n) is 5.78. The van der Waals surface area contributed by atoms with Crippen LogP contribution in [0.5, 0.6) is 0 Å². The molecule has 1 atom stereocenters. The summed E-state index contributed by atoms with van der Waals surface area (Å²) >= 11 is 1.27. The summed E-state index contributed by atoms with van der Waals surface area (Å²) in [4.78, 5) is 28.3. The van der Waals surface area contributed by atoms with Crippen LogP contribution in [0.3, 0.4) is 0 Å². The molecule has 0 saturated carbocycles. The minimum absolute atomic E-state index is 0.0729. The number of carbonyl (C=O) groups excluding carboxylic acids is 2. The van der Waals surface area contributed by atoms with Crippen molar-refractivity contribution < 1.29 is 9.59 Å². The van der Waals surface area contributed by atoms with Crippen LogP contribution in [0, 0.1) is 32.1 Å². The molecule has 1 N–H and O–H groups in total. The number of aryl methyl sites for hydroxylation is 3. The summed E-state index contributed by atoms with van der Waals surface area (Å²) in [5.74, 6) is -0.661. The van der Waals surface area contributed by atoms with E-state index < -0.39 is 11.2 Å². The van der Waals surface area contributed by atoms with Gasteiger partial charge in [0.25, 0.3) is 5.91 Å². The van der Waals surface area contributed by atoms with Crippen molar-refractivity contribution in [1.82, 2.24) is 0 Å². The zero-order valence-corrected chi connectivity index (χ0v) is 20.1. The largest absolute Gasteiger partial charge is 0.321 e. The van der Waals surface area contributed by atoms with Gasteiger partial charge in [0.2, 0.25) is 5.91 Å². The number of hydrogen-bond donors (Lipinski definition) is 1. The Morgan fingerprint density at radius 3 is 2.24 bits per heavy atom. The fraction of sp³-hybridized carbons (Fsp3) is 0.179. The van der Waals surface area contributed by atoms with Gasteiger partial charge in [-0.1, -0.05) is 78.0 Å². The molecular weight excluding hydrogens is 442 g/mol. The van der Waals surface area contributed by atoms with Crippen LogP contribution < -0.4 is 10.2 Å². The average molecular weight is 468 g/mol. The molecule has 1 aliphatic heterocycles. The molecule has 0 aliphatic carbocycles. The number of benzene rings is 3. The van der Waals surface area contributed by atoms with Crippen molar-refractivity contribution in [3.8, 4) is 6.07 Å². The van der Waals surface area contributed by atoms with E-state index in [1.165, 1.54) is 16.7 Å². The first-order valence-corrected chi connectivity index (χ1v) is 11.9. The van der Waals surface area contributed by atoms with Gasteiger partial charge in [0.1, 0.15) is 16.7 Å². The van der Waals surface area contributed by atoms with Crippen molar-refractivity contribution in [3.05, 3.63) is 106 Å². The number of anilines is 2. The molecule has 0 spiro atoms. The molecule has 1 heterocycles. The Labute approximate surface area is 204 Å². The van der Waals surface area contributed by atoms with Crippen LogP contribution in [0.15, 0.2) is 83.4 Å². The van der Waals surface area contributed by atoms with Gasteiger partial charge in [-0.05, 0) is 56.0 Å². The summed E-state index contributed by atoms with van der Waals surface area (Å²) in [5.41, 5.74) is 5.23. The Bertz CT molecular complexity index is 1290. The Hall–Kier alpha value is -3.82. The molecule has 1 saturated heterocycles. The predicted molar refractivity (Wildman–Crippen MR) is 137 cm³/mol. The lowest BCUT2D eigenvalue weighted by Gasteiger charge is -2.19. The second-order valence-corrected chi connectivity index (χ2v) is 9.51. The van der Waals surface area contributed by atoms with E-state index in [9.17, 15) is 14.9 Å². The van der Waals surface area contributed by atoms with Crippen LogP contribution in [0.1, 0.15) is 22.3 Å². The normalized spacial score (nSPS) is 16.8. The standard InChI is InChI=1S/C28H25N3O2S/c1-18-12-14-21(15-13-18)16-24-27(33)31(22-10-5-4-6-11-22)28(34-24)23(17-29)26(32)30-25-19(2)8-7-9-20(25)3/h4-15,24H,16H2,1-3H3,(H,30,32)/b28-23+. The molecule has 1 unspecified atom stereocenters. The van der Waals surface area contributed by atoms with Crippen molar-refractivity contribution in [1.29, 1.82) is 5.26 Å². The molecule has 5 nitrogen and oxygen atoms in total. The van der Waals surface area contributed by atoms with Gasteiger partial charge in [-0.15, -0.1) is 0 Å². The van der Waals surface area contributed by atoms with Crippen LogP contribution >= 0.6 is 11.8 Å². The molecule has 1 aliphatic rings. The number of nitrogens with zero attached hydrogens (tertiary/aromatic N) is 2. The van der Waals surface area contributed by atoms with Crippen molar-refractivity contribution in [2.75, 3.05) is 10.2 Å². The Kier molecular flexibility index (Phi) is 6.85.